The lowest BCUT2D eigenvalue weighted by Gasteiger charge is -2.19. The number of amides is 1. The van der Waals surface area contributed by atoms with Gasteiger partial charge in [0.2, 0.25) is 0 Å². The van der Waals surface area contributed by atoms with Crippen molar-refractivity contribution < 1.29 is 28.7 Å². The van der Waals surface area contributed by atoms with Crippen LogP contribution in [0.25, 0.3) is 11.1 Å². The normalized spacial score (nSPS) is 10.4. The van der Waals surface area contributed by atoms with Gasteiger partial charge in [-0.1, -0.05) is 32.9 Å². The molecule has 0 radical (unpaired) electrons. The number of carbonyl (C=O) groups excluding carboxylic acids is 4. The zero-order valence-electron chi connectivity index (χ0n) is 21.8. The zero-order chi connectivity index (χ0) is 26.9. The van der Waals surface area contributed by atoms with Gasteiger partial charge in [0.25, 0.3) is 5.91 Å². The van der Waals surface area contributed by atoms with Crippen LogP contribution in [0.15, 0.2) is 36.7 Å². The SMILES string of the molecule is CC.CCC(=O)c1ccc(-c2ccc(C(=O)NC(COCCC(C)=O)COCCC(C)=O)nc2)cn1. The lowest BCUT2D eigenvalue weighted by molar-refractivity contribution is -0.118. The molecule has 36 heavy (non-hydrogen) atoms. The summed E-state index contributed by atoms with van der Waals surface area (Å²) >= 11 is 0. The van der Waals surface area contributed by atoms with Gasteiger partial charge < -0.3 is 14.8 Å². The van der Waals surface area contributed by atoms with Gasteiger partial charge in [-0.25, -0.2) is 0 Å². The molecule has 0 unspecified atom stereocenters. The topological polar surface area (TPSA) is 125 Å². The fraction of sp³-hybridized carbons (Fsp3) is 0.481. The van der Waals surface area contributed by atoms with Crippen LogP contribution in [-0.2, 0) is 19.1 Å². The minimum absolute atomic E-state index is 0.0180. The zero-order valence-corrected chi connectivity index (χ0v) is 21.8. The summed E-state index contributed by atoms with van der Waals surface area (Å²) in [6.07, 6.45) is 4.14. The smallest absolute Gasteiger partial charge is 0.270 e. The van der Waals surface area contributed by atoms with Gasteiger partial charge in [0, 0.05) is 42.8 Å². The molecule has 0 aromatic carbocycles. The fourth-order valence-electron chi connectivity index (χ4n) is 2.88. The fourth-order valence-corrected chi connectivity index (χ4v) is 2.88. The quantitative estimate of drug-likeness (QED) is 0.289. The van der Waals surface area contributed by atoms with Crippen LogP contribution in [0.2, 0.25) is 0 Å². The van der Waals surface area contributed by atoms with Gasteiger partial charge in [-0.15, -0.1) is 0 Å². The molecule has 1 amide bonds. The van der Waals surface area contributed by atoms with E-state index in [4.69, 9.17) is 9.47 Å². The second kappa shape index (κ2) is 17.2. The van der Waals surface area contributed by atoms with Gasteiger partial charge in [-0.05, 0) is 26.0 Å². The number of aromatic nitrogens is 2. The maximum absolute atomic E-state index is 12.7. The van der Waals surface area contributed by atoms with E-state index in [1.807, 2.05) is 13.8 Å². The third-order valence-corrected chi connectivity index (χ3v) is 4.87. The van der Waals surface area contributed by atoms with E-state index in [0.717, 1.165) is 11.1 Å². The summed E-state index contributed by atoms with van der Waals surface area (Å²) in [7, 11) is 0. The third kappa shape index (κ3) is 11.4. The summed E-state index contributed by atoms with van der Waals surface area (Å²) in [6, 6.07) is 6.34. The second-order valence-corrected chi connectivity index (χ2v) is 7.87. The molecule has 196 valence electrons. The number of rotatable bonds is 15. The number of Topliss-reactive ketones (excluding diaryl/α,β-unsaturated/α-hetero) is 3. The number of ether oxygens (including phenoxy) is 2. The van der Waals surface area contributed by atoms with E-state index in [0.29, 0.717) is 12.1 Å². The molecule has 0 aliphatic carbocycles. The minimum atomic E-state index is -0.472. The van der Waals surface area contributed by atoms with Crippen LogP contribution in [-0.4, -0.2) is 65.7 Å². The summed E-state index contributed by atoms with van der Waals surface area (Å²) in [6.45, 7) is 9.57. The molecule has 0 atom stereocenters. The minimum Gasteiger partial charge on any atom is -0.379 e. The van der Waals surface area contributed by atoms with E-state index in [2.05, 4.69) is 15.3 Å². The molecule has 0 fully saturated rings. The van der Waals surface area contributed by atoms with Crippen LogP contribution < -0.4 is 5.32 Å². The first-order valence-electron chi connectivity index (χ1n) is 12.2. The highest BCUT2D eigenvalue weighted by Gasteiger charge is 2.16. The molecule has 2 heterocycles. The highest BCUT2D eigenvalue weighted by molar-refractivity contribution is 5.94. The Hall–Kier alpha value is -3.30. The van der Waals surface area contributed by atoms with E-state index in [1.165, 1.54) is 13.8 Å². The van der Waals surface area contributed by atoms with Crippen LogP contribution in [0.4, 0.5) is 0 Å². The van der Waals surface area contributed by atoms with Crippen LogP contribution in [0, 0.1) is 0 Å². The summed E-state index contributed by atoms with van der Waals surface area (Å²) in [5.74, 6) is -0.389. The monoisotopic (exact) mass is 499 g/mol. The van der Waals surface area contributed by atoms with Crippen molar-refractivity contribution in [1.82, 2.24) is 15.3 Å². The summed E-state index contributed by atoms with van der Waals surface area (Å²) in [4.78, 5) is 55.0. The van der Waals surface area contributed by atoms with Crippen LogP contribution in [0.5, 0.6) is 0 Å². The van der Waals surface area contributed by atoms with E-state index < -0.39 is 11.9 Å². The largest absolute Gasteiger partial charge is 0.379 e. The lowest BCUT2D eigenvalue weighted by Crippen LogP contribution is -2.42. The average Bonchev–Trinajstić information content (AvgIpc) is 2.89. The molecular weight excluding hydrogens is 462 g/mol. The van der Waals surface area contributed by atoms with Crippen LogP contribution in [0.1, 0.15) is 74.9 Å². The molecule has 0 spiro atoms. The van der Waals surface area contributed by atoms with Crippen molar-refractivity contribution in [2.45, 2.75) is 59.9 Å². The molecule has 2 rings (SSSR count). The van der Waals surface area contributed by atoms with Crippen molar-refractivity contribution in [3.63, 3.8) is 0 Å². The van der Waals surface area contributed by atoms with E-state index in [1.54, 1.807) is 43.6 Å². The highest BCUT2D eigenvalue weighted by atomic mass is 16.5. The molecule has 2 aromatic rings. The van der Waals surface area contributed by atoms with E-state index in [-0.39, 0.29) is 62.3 Å². The standard InChI is InChI=1S/C25H31N3O6.C2H6/c1-4-24(31)22-7-5-19(13-26-22)20-6-8-23(27-14-20)25(32)28-21(15-33-11-9-17(2)29)16-34-12-10-18(3)30;1-2/h5-8,13-14,21H,4,9-12,15-16H2,1-3H3,(H,28,32);1-2H3. The van der Waals surface area contributed by atoms with Gasteiger partial charge in [-0.2, -0.15) is 0 Å². The Morgan fingerprint density at radius 1 is 0.806 bits per heavy atom. The number of nitrogens with one attached hydrogen (secondary N) is 1. The number of hydrogen-bond acceptors (Lipinski definition) is 8. The first-order chi connectivity index (χ1) is 17.3. The molecule has 2 aromatic heterocycles. The molecule has 0 aliphatic heterocycles. The molecule has 9 heteroatoms. The maximum Gasteiger partial charge on any atom is 0.270 e. The predicted molar refractivity (Wildman–Crippen MR) is 137 cm³/mol. The number of ketones is 3. The van der Waals surface area contributed by atoms with Gasteiger partial charge in [0.1, 0.15) is 23.0 Å². The summed E-state index contributed by atoms with van der Waals surface area (Å²) < 4.78 is 11.0. The first kappa shape index (κ1) is 30.7. The Morgan fingerprint density at radius 3 is 1.67 bits per heavy atom. The number of hydrogen-bond donors (Lipinski definition) is 1. The van der Waals surface area contributed by atoms with Crippen molar-refractivity contribution in [3.05, 3.63) is 48.0 Å². The number of pyridine rings is 2. The Balaban J connectivity index is 0.00000316. The Morgan fingerprint density at radius 2 is 1.28 bits per heavy atom. The van der Waals surface area contributed by atoms with Crippen LogP contribution in [0.3, 0.4) is 0 Å². The Kier molecular flexibility index (Phi) is 14.7. The van der Waals surface area contributed by atoms with Crippen molar-refractivity contribution in [3.8, 4) is 11.1 Å². The van der Waals surface area contributed by atoms with Gasteiger partial charge in [0.15, 0.2) is 5.78 Å². The van der Waals surface area contributed by atoms with Gasteiger partial charge in [0.05, 0.1) is 32.5 Å². The van der Waals surface area contributed by atoms with Crippen molar-refractivity contribution in [2.75, 3.05) is 26.4 Å². The van der Waals surface area contributed by atoms with E-state index >= 15 is 0 Å². The van der Waals surface area contributed by atoms with Crippen molar-refractivity contribution in [2.24, 2.45) is 0 Å². The Bertz CT molecular complexity index is 952. The van der Waals surface area contributed by atoms with E-state index in [9.17, 15) is 19.2 Å². The molecule has 0 aliphatic rings. The predicted octanol–water partition coefficient (Wildman–Crippen LogP) is 3.85. The van der Waals surface area contributed by atoms with Gasteiger partial charge >= 0.3 is 0 Å². The highest BCUT2D eigenvalue weighted by Crippen LogP contribution is 2.18. The molecule has 0 saturated heterocycles. The molecule has 1 N–H and O–H groups in total. The third-order valence-electron chi connectivity index (χ3n) is 4.87. The second-order valence-electron chi connectivity index (χ2n) is 7.87. The van der Waals surface area contributed by atoms with Crippen LogP contribution >= 0.6 is 0 Å². The Labute approximate surface area is 213 Å². The molecule has 0 saturated carbocycles. The lowest BCUT2D eigenvalue weighted by atomic mass is 10.1. The van der Waals surface area contributed by atoms with Crippen molar-refractivity contribution in [1.29, 1.82) is 0 Å². The number of carbonyl (C=O) groups is 4. The van der Waals surface area contributed by atoms with Gasteiger partial charge in [-0.3, -0.25) is 29.1 Å². The summed E-state index contributed by atoms with van der Waals surface area (Å²) in [5.41, 5.74) is 2.17. The number of nitrogens with zero attached hydrogens (tertiary/aromatic N) is 2. The molecular formula is C27H37N3O6. The summed E-state index contributed by atoms with van der Waals surface area (Å²) in [5, 5.41) is 2.82. The molecule has 0 bridgehead atoms. The first-order valence-corrected chi connectivity index (χ1v) is 12.2. The van der Waals surface area contributed by atoms with Crippen molar-refractivity contribution >= 4 is 23.3 Å². The average molecular weight is 500 g/mol. The molecule has 9 nitrogen and oxygen atoms in total. The maximum atomic E-state index is 12.7.